The first kappa shape index (κ1) is 37.5. The lowest BCUT2D eigenvalue weighted by molar-refractivity contribution is -0.483. The summed E-state index contributed by atoms with van der Waals surface area (Å²) < 4.78 is 71.6. The molecule has 11 nitrogen and oxygen atoms in total. The van der Waals surface area contributed by atoms with Gasteiger partial charge in [0, 0.05) is 14.2 Å². The zero-order chi connectivity index (χ0) is 36.3. The van der Waals surface area contributed by atoms with Crippen molar-refractivity contribution in [3.8, 4) is 0 Å². The lowest BCUT2D eigenvalue weighted by Gasteiger charge is -2.57. The molecule has 52 heavy (non-hydrogen) atoms. The van der Waals surface area contributed by atoms with E-state index in [1.54, 1.807) is 28.1 Å². The van der Waals surface area contributed by atoms with Crippen molar-refractivity contribution in [3.63, 3.8) is 0 Å². The van der Waals surface area contributed by atoms with E-state index >= 15 is 0 Å². The van der Waals surface area contributed by atoms with Crippen LogP contribution in [0.15, 0.2) is 91.0 Å². The van der Waals surface area contributed by atoms with E-state index in [0.717, 1.165) is 17.5 Å². The average molecular weight is 721 g/mol. The van der Waals surface area contributed by atoms with Gasteiger partial charge < -0.3 is 52.1 Å². The summed E-state index contributed by atoms with van der Waals surface area (Å²) in [4.78, 5) is 0. The van der Waals surface area contributed by atoms with Crippen LogP contribution in [0.1, 0.15) is 50.8 Å². The first-order valence-electron chi connectivity index (χ1n) is 18.2. The molecule has 0 aliphatic carbocycles. The van der Waals surface area contributed by atoms with E-state index in [4.69, 9.17) is 52.1 Å². The van der Waals surface area contributed by atoms with E-state index < -0.39 is 66.6 Å². The minimum Gasteiger partial charge on any atom is -0.374 e. The number of methoxy groups -OCH3 is 2. The summed E-state index contributed by atoms with van der Waals surface area (Å²) in [5, 5.41) is 0. The molecule has 0 spiro atoms. The van der Waals surface area contributed by atoms with Crippen LogP contribution >= 0.6 is 0 Å². The molecule has 4 aliphatic heterocycles. The molecule has 0 aromatic heterocycles. The highest BCUT2D eigenvalue weighted by molar-refractivity contribution is 5.16. The molecular weight excluding hydrogens is 668 g/mol. The van der Waals surface area contributed by atoms with Crippen molar-refractivity contribution in [3.05, 3.63) is 108 Å². The molecule has 3 aromatic carbocycles. The molecule has 0 N–H and O–H groups in total. The number of aryl methyl sites for hydroxylation is 1. The largest absolute Gasteiger partial charge is 0.374 e. The summed E-state index contributed by atoms with van der Waals surface area (Å²) in [5.41, 5.74) is 3.23. The van der Waals surface area contributed by atoms with E-state index in [1.807, 2.05) is 92.7 Å². The summed E-state index contributed by atoms with van der Waals surface area (Å²) in [6.07, 6.45) is -4.25. The minimum absolute atomic E-state index is 0.186. The van der Waals surface area contributed by atoms with Gasteiger partial charge in [0.05, 0.1) is 25.9 Å². The molecule has 11 atom stereocenters. The Bertz CT molecular complexity index is 1560. The maximum atomic E-state index is 7.05. The SMILES string of the molecule is CO[C@@]1(C)O[C@@H]2[C@@H](OCc3ccccc3)[C@@H](O[C@H]3[C@H]4OC(C)(C)O[C@H]4O[C@@H]3CCc3ccccc3)O[C@H](COCc3ccccc3)[C@H]2O[C@]1(C)OC. The van der Waals surface area contributed by atoms with E-state index in [0.29, 0.717) is 13.0 Å². The van der Waals surface area contributed by atoms with Crippen molar-refractivity contribution in [1.29, 1.82) is 0 Å². The molecule has 4 saturated heterocycles. The molecule has 11 heteroatoms. The summed E-state index contributed by atoms with van der Waals surface area (Å²) in [6, 6.07) is 30.3. The highest BCUT2D eigenvalue weighted by atomic mass is 16.9. The van der Waals surface area contributed by atoms with Gasteiger partial charge in [0.15, 0.2) is 18.4 Å². The Morgan fingerprint density at radius 3 is 1.77 bits per heavy atom. The minimum atomic E-state index is -1.30. The van der Waals surface area contributed by atoms with Crippen LogP contribution < -0.4 is 0 Å². The number of ether oxygens (including phenoxy) is 11. The molecule has 282 valence electrons. The molecule has 0 amide bonds. The molecule has 4 fully saturated rings. The van der Waals surface area contributed by atoms with Gasteiger partial charge in [-0.25, -0.2) is 0 Å². The maximum Gasteiger partial charge on any atom is 0.220 e. The fraction of sp³-hybridized carbons (Fsp3) is 0.561. The normalized spacial score (nSPS) is 36.7. The maximum absolute atomic E-state index is 7.05. The summed E-state index contributed by atoms with van der Waals surface area (Å²) in [6.45, 7) is 8.20. The molecule has 0 saturated carbocycles. The van der Waals surface area contributed by atoms with Crippen molar-refractivity contribution >= 4 is 0 Å². The molecular formula is C41H52O11. The van der Waals surface area contributed by atoms with Crippen LogP contribution in [0.3, 0.4) is 0 Å². The van der Waals surface area contributed by atoms with E-state index in [9.17, 15) is 0 Å². The van der Waals surface area contributed by atoms with E-state index in [1.165, 1.54) is 5.56 Å². The Kier molecular flexibility index (Phi) is 11.5. The Balaban J connectivity index is 1.20. The first-order valence-corrected chi connectivity index (χ1v) is 18.2. The number of benzene rings is 3. The van der Waals surface area contributed by atoms with Crippen molar-refractivity contribution in [1.82, 2.24) is 0 Å². The van der Waals surface area contributed by atoms with Gasteiger partial charge in [-0.3, -0.25) is 0 Å². The number of hydrogen-bond donors (Lipinski definition) is 0. The number of rotatable bonds is 14. The van der Waals surface area contributed by atoms with Gasteiger partial charge in [0.25, 0.3) is 0 Å². The Labute approximate surface area is 306 Å². The molecule has 3 aromatic rings. The second-order valence-corrected chi connectivity index (χ2v) is 14.5. The smallest absolute Gasteiger partial charge is 0.220 e. The fourth-order valence-corrected chi connectivity index (χ4v) is 7.46. The molecule has 4 aliphatic rings. The zero-order valence-electron chi connectivity index (χ0n) is 30.9. The van der Waals surface area contributed by atoms with Gasteiger partial charge in [-0.15, -0.1) is 0 Å². The van der Waals surface area contributed by atoms with Gasteiger partial charge in [0.1, 0.15) is 36.6 Å². The summed E-state index contributed by atoms with van der Waals surface area (Å²) in [7, 11) is 3.14. The van der Waals surface area contributed by atoms with Crippen molar-refractivity contribution in [2.75, 3.05) is 20.8 Å². The highest BCUT2D eigenvalue weighted by Gasteiger charge is 2.64. The lowest BCUT2D eigenvalue weighted by Crippen LogP contribution is -2.73. The van der Waals surface area contributed by atoms with Crippen LogP contribution in [0.25, 0.3) is 0 Å². The first-order chi connectivity index (χ1) is 25.1. The van der Waals surface area contributed by atoms with Crippen LogP contribution in [-0.4, -0.2) is 93.5 Å². The molecule has 4 heterocycles. The van der Waals surface area contributed by atoms with Gasteiger partial charge in [-0.2, -0.15) is 0 Å². The van der Waals surface area contributed by atoms with Gasteiger partial charge >= 0.3 is 0 Å². The summed E-state index contributed by atoms with van der Waals surface area (Å²) in [5.74, 6) is -3.43. The average Bonchev–Trinajstić information content (AvgIpc) is 3.63. The molecule has 0 radical (unpaired) electrons. The Hall–Kier alpha value is -2.78. The molecule has 0 unspecified atom stereocenters. The topological polar surface area (TPSA) is 102 Å². The van der Waals surface area contributed by atoms with Crippen molar-refractivity contribution in [2.45, 2.75) is 126 Å². The van der Waals surface area contributed by atoms with Gasteiger partial charge in [-0.1, -0.05) is 91.0 Å². The van der Waals surface area contributed by atoms with E-state index in [-0.39, 0.29) is 19.3 Å². The predicted molar refractivity (Wildman–Crippen MR) is 189 cm³/mol. The molecule has 7 rings (SSSR count). The van der Waals surface area contributed by atoms with Crippen LogP contribution in [0.5, 0.6) is 0 Å². The molecule has 0 bridgehead atoms. The predicted octanol–water partition coefficient (Wildman–Crippen LogP) is 5.92. The standard InChI is InChI=1S/C41H52O11/c1-39(2)49-36-32(30(46-38(36)52-39)23-22-27-16-10-7-11-17-27)48-37-35(45-25-29-20-14-9-15-21-29)34-33(50-40(3,42-5)41(4,43-6)51-34)31(47-37)26-44-24-28-18-12-8-13-19-28/h7-21,30-38H,22-26H2,1-6H3/t30-,31-,32-,33-,34+,35-,36-,37-,38-,40+,41+/m1/s1. The zero-order valence-corrected chi connectivity index (χ0v) is 30.9. The van der Waals surface area contributed by atoms with Crippen LogP contribution in [0.2, 0.25) is 0 Å². The third-order valence-electron chi connectivity index (χ3n) is 10.5. The summed E-state index contributed by atoms with van der Waals surface area (Å²) >= 11 is 0. The highest BCUT2D eigenvalue weighted by Crippen LogP contribution is 2.46. The third-order valence-corrected chi connectivity index (χ3v) is 10.5. The number of hydrogen-bond acceptors (Lipinski definition) is 11. The Morgan fingerprint density at radius 2 is 1.15 bits per heavy atom. The monoisotopic (exact) mass is 720 g/mol. The van der Waals surface area contributed by atoms with Crippen LogP contribution in [0.4, 0.5) is 0 Å². The van der Waals surface area contributed by atoms with Crippen molar-refractivity contribution in [2.24, 2.45) is 0 Å². The third kappa shape index (κ3) is 8.01. The lowest BCUT2D eigenvalue weighted by atomic mass is 9.93. The number of fused-ring (bicyclic) bond motifs is 2. The van der Waals surface area contributed by atoms with Crippen LogP contribution in [0, 0.1) is 0 Å². The second-order valence-electron chi connectivity index (χ2n) is 14.5. The fourth-order valence-electron chi connectivity index (χ4n) is 7.46. The van der Waals surface area contributed by atoms with Gasteiger partial charge in [-0.05, 0) is 57.2 Å². The van der Waals surface area contributed by atoms with Gasteiger partial charge in [0.2, 0.25) is 11.6 Å². The Morgan fingerprint density at radius 1 is 0.577 bits per heavy atom. The second kappa shape index (κ2) is 15.9. The van der Waals surface area contributed by atoms with Crippen molar-refractivity contribution < 1.29 is 52.1 Å². The quantitative estimate of drug-likeness (QED) is 0.199. The van der Waals surface area contributed by atoms with Crippen LogP contribution in [-0.2, 0) is 71.7 Å². The van der Waals surface area contributed by atoms with E-state index in [2.05, 4.69) is 12.1 Å².